The molecule has 0 bridgehead atoms. The van der Waals surface area contributed by atoms with E-state index in [4.69, 9.17) is 4.74 Å². The topological polar surface area (TPSA) is 99.3 Å². The molecule has 0 aromatic heterocycles. The molecule has 232 valence electrons. The summed E-state index contributed by atoms with van der Waals surface area (Å²) >= 11 is 0. The van der Waals surface area contributed by atoms with Gasteiger partial charge in [0, 0.05) is 33.1 Å². The van der Waals surface area contributed by atoms with Gasteiger partial charge in [0.25, 0.3) is 0 Å². The number of anilines is 1. The molecule has 43 heavy (non-hydrogen) atoms. The van der Waals surface area contributed by atoms with Crippen LogP contribution in [0.1, 0.15) is 42.5 Å². The van der Waals surface area contributed by atoms with Crippen LogP contribution in [0.4, 0.5) is 5.69 Å². The van der Waals surface area contributed by atoms with E-state index in [1.807, 2.05) is 88.4 Å². The summed E-state index contributed by atoms with van der Waals surface area (Å²) in [7, 11) is 0.359. The van der Waals surface area contributed by atoms with E-state index in [-0.39, 0.29) is 24.9 Å². The molecule has 2 amide bonds. The van der Waals surface area contributed by atoms with E-state index >= 15 is 0 Å². The summed E-state index contributed by atoms with van der Waals surface area (Å²) in [5, 5.41) is 3.05. The van der Waals surface area contributed by atoms with Crippen LogP contribution in [0.3, 0.4) is 0 Å². The third kappa shape index (κ3) is 8.81. The van der Waals surface area contributed by atoms with Gasteiger partial charge in [-0.25, -0.2) is 4.31 Å². The number of hydrogen-bond donors (Lipinski definition) is 1. The SMILES string of the molecule is CC[C@H](C)NC(=O)[C@H](Cc1ccccc1)N(Cc1cccc(OC)c1)C(=O)CN(c1cc(C)ccc1C)S(=O)(=O)N(C)C. The summed E-state index contributed by atoms with van der Waals surface area (Å²) in [6, 6.07) is 21.3. The Labute approximate surface area is 256 Å². The molecule has 10 heteroatoms. The van der Waals surface area contributed by atoms with Gasteiger partial charge >= 0.3 is 10.2 Å². The van der Waals surface area contributed by atoms with Gasteiger partial charge in [0.2, 0.25) is 11.8 Å². The molecule has 0 aliphatic rings. The molecule has 0 aliphatic carbocycles. The highest BCUT2D eigenvalue weighted by atomic mass is 32.2. The highest BCUT2D eigenvalue weighted by Crippen LogP contribution is 2.26. The van der Waals surface area contributed by atoms with Crippen molar-refractivity contribution in [1.82, 2.24) is 14.5 Å². The van der Waals surface area contributed by atoms with E-state index < -0.39 is 28.7 Å². The first-order valence-electron chi connectivity index (χ1n) is 14.4. The Morgan fingerprint density at radius 2 is 1.60 bits per heavy atom. The van der Waals surface area contributed by atoms with E-state index in [1.54, 1.807) is 19.2 Å². The van der Waals surface area contributed by atoms with Gasteiger partial charge < -0.3 is 15.0 Å². The lowest BCUT2D eigenvalue weighted by molar-refractivity contribution is -0.140. The van der Waals surface area contributed by atoms with Crippen molar-refractivity contribution in [3.8, 4) is 5.75 Å². The first-order chi connectivity index (χ1) is 20.4. The molecule has 0 heterocycles. The van der Waals surface area contributed by atoms with Crippen LogP contribution in [0, 0.1) is 13.8 Å². The standard InChI is InChI=1S/C33H44N4O5S/c1-8-26(4)34-33(39)31(21-27-13-10-9-11-14-27)36(22-28-15-12-16-29(20-28)42-7)32(38)23-37(43(40,41)35(5)6)30-19-24(2)17-18-25(30)3/h9-20,26,31H,8,21-23H2,1-7H3,(H,34,39)/t26-,31-/m0/s1. The number of hydrogen-bond acceptors (Lipinski definition) is 5. The van der Waals surface area contributed by atoms with Crippen LogP contribution in [-0.4, -0.2) is 69.3 Å². The van der Waals surface area contributed by atoms with Crippen molar-refractivity contribution in [2.75, 3.05) is 32.1 Å². The first-order valence-corrected chi connectivity index (χ1v) is 15.8. The maximum Gasteiger partial charge on any atom is 0.304 e. The zero-order chi connectivity index (χ0) is 31.7. The van der Waals surface area contributed by atoms with E-state index in [9.17, 15) is 18.0 Å². The number of aryl methyl sites for hydroxylation is 2. The third-order valence-corrected chi connectivity index (χ3v) is 9.22. The minimum atomic E-state index is -4.07. The quantitative estimate of drug-likeness (QED) is 0.291. The van der Waals surface area contributed by atoms with Gasteiger partial charge in [0.15, 0.2) is 0 Å². The average Bonchev–Trinajstić information content (AvgIpc) is 2.99. The Bertz CT molecular complexity index is 1490. The molecule has 0 saturated heterocycles. The van der Waals surface area contributed by atoms with Crippen LogP contribution >= 0.6 is 0 Å². The minimum Gasteiger partial charge on any atom is -0.497 e. The predicted octanol–water partition coefficient (Wildman–Crippen LogP) is 4.48. The Morgan fingerprint density at radius 1 is 0.930 bits per heavy atom. The number of carbonyl (C=O) groups is 2. The lowest BCUT2D eigenvalue weighted by atomic mass is 10.0. The molecule has 0 spiro atoms. The lowest BCUT2D eigenvalue weighted by Crippen LogP contribution is -2.55. The Hall–Kier alpha value is -3.89. The van der Waals surface area contributed by atoms with E-state index in [0.29, 0.717) is 17.0 Å². The van der Waals surface area contributed by atoms with Crippen molar-refractivity contribution in [3.05, 3.63) is 95.1 Å². The zero-order valence-corrected chi connectivity index (χ0v) is 27.0. The highest BCUT2D eigenvalue weighted by Gasteiger charge is 2.35. The summed E-state index contributed by atoms with van der Waals surface area (Å²) in [4.78, 5) is 29.8. The Kier molecular flexibility index (Phi) is 11.7. The summed E-state index contributed by atoms with van der Waals surface area (Å²) in [6.45, 7) is 7.15. The number of methoxy groups -OCH3 is 1. The Morgan fingerprint density at radius 3 is 2.23 bits per heavy atom. The van der Waals surface area contributed by atoms with Crippen LogP contribution in [0.5, 0.6) is 5.75 Å². The number of rotatable bonds is 14. The van der Waals surface area contributed by atoms with Crippen molar-refractivity contribution >= 4 is 27.7 Å². The monoisotopic (exact) mass is 608 g/mol. The fourth-order valence-corrected chi connectivity index (χ4v) is 5.77. The van der Waals surface area contributed by atoms with Crippen molar-refractivity contribution in [2.24, 2.45) is 0 Å². The summed E-state index contributed by atoms with van der Waals surface area (Å²) in [5.41, 5.74) is 3.60. The third-order valence-electron chi connectivity index (χ3n) is 7.41. The number of benzene rings is 3. The van der Waals surface area contributed by atoms with Crippen LogP contribution < -0.4 is 14.4 Å². The van der Waals surface area contributed by atoms with Crippen LogP contribution in [0.2, 0.25) is 0 Å². The fraction of sp³-hybridized carbons (Fsp3) is 0.394. The maximum absolute atomic E-state index is 14.4. The smallest absolute Gasteiger partial charge is 0.304 e. The van der Waals surface area contributed by atoms with E-state index in [2.05, 4.69) is 5.32 Å². The molecular formula is C33H44N4O5S. The van der Waals surface area contributed by atoms with Gasteiger partial charge in [-0.05, 0) is 67.6 Å². The number of nitrogens with one attached hydrogen (secondary N) is 1. The second-order valence-corrected chi connectivity index (χ2v) is 13.1. The number of nitrogens with zero attached hydrogens (tertiary/aromatic N) is 3. The molecule has 0 radical (unpaired) electrons. The normalized spacial score (nSPS) is 12.8. The van der Waals surface area contributed by atoms with Gasteiger partial charge in [0.05, 0.1) is 12.8 Å². The second kappa shape index (κ2) is 15.0. The molecule has 3 aromatic carbocycles. The predicted molar refractivity (Wildman–Crippen MR) is 171 cm³/mol. The van der Waals surface area contributed by atoms with Crippen molar-refractivity contribution in [1.29, 1.82) is 0 Å². The molecule has 3 aromatic rings. The van der Waals surface area contributed by atoms with Crippen molar-refractivity contribution in [2.45, 2.75) is 59.2 Å². The molecular weight excluding hydrogens is 564 g/mol. The van der Waals surface area contributed by atoms with E-state index in [0.717, 1.165) is 31.7 Å². The van der Waals surface area contributed by atoms with Crippen molar-refractivity contribution < 1.29 is 22.7 Å². The molecule has 1 N–H and O–H groups in total. The number of amides is 2. The molecule has 9 nitrogen and oxygen atoms in total. The number of ether oxygens (including phenoxy) is 1. The largest absolute Gasteiger partial charge is 0.497 e. The molecule has 0 aliphatic heterocycles. The molecule has 0 fully saturated rings. The van der Waals surface area contributed by atoms with Gasteiger partial charge in [-0.1, -0.05) is 61.5 Å². The maximum atomic E-state index is 14.4. The van der Waals surface area contributed by atoms with Crippen LogP contribution in [0.25, 0.3) is 0 Å². The molecule has 3 rings (SSSR count). The van der Waals surface area contributed by atoms with Gasteiger partial charge in [0.1, 0.15) is 18.3 Å². The van der Waals surface area contributed by atoms with Crippen LogP contribution in [0.15, 0.2) is 72.8 Å². The fourth-order valence-electron chi connectivity index (χ4n) is 4.65. The summed E-state index contributed by atoms with van der Waals surface area (Å²) in [6.07, 6.45) is 0.970. The average molecular weight is 609 g/mol. The first kappa shape index (κ1) is 33.6. The molecule has 0 saturated carbocycles. The lowest BCUT2D eigenvalue weighted by Gasteiger charge is -2.35. The summed E-state index contributed by atoms with van der Waals surface area (Å²) < 4.78 is 34.9. The minimum absolute atomic E-state index is 0.0735. The van der Waals surface area contributed by atoms with Gasteiger partial charge in [-0.3, -0.25) is 9.59 Å². The van der Waals surface area contributed by atoms with Gasteiger partial charge in [-0.15, -0.1) is 0 Å². The molecule has 2 atom stereocenters. The highest BCUT2D eigenvalue weighted by molar-refractivity contribution is 7.90. The van der Waals surface area contributed by atoms with E-state index in [1.165, 1.54) is 19.0 Å². The second-order valence-electron chi connectivity index (χ2n) is 11.0. The number of carbonyl (C=O) groups excluding carboxylic acids is 2. The molecule has 0 unspecified atom stereocenters. The Balaban J connectivity index is 2.15. The summed E-state index contributed by atoms with van der Waals surface area (Å²) in [5.74, 6) is -0.196. The zero-order valence-electron chi connectivity index (χ0n) is 26.2. The van der Waals surface area contributed by atoms with Crippen molar-refractivity contribution in [3.63, 3.8) is 0 Å². The van der Waals surface area contributed by atoms with Crippen LogP contribution in [-0.2, 0) is 32.8 Å². The van der Waals surface area contributed by atoms with Gasteiger partial charge in [-0.2, -0.15) is 12.7 Å².